The number of nitrogens with zero attached hydrogens (tertiary/aromatic N) is 1. The van der Waals surface area contributed by atoms with Crippen LogP contribution in [0.25, 0.3) is 10.9 Å². The van der Waals surface area contributed by atoms with Gasteiger partial charge in [-0.1, -0.05) is 67.8 Å². The van der Waals surface area contributed by atoms with Gasteiger partial charge in [-0.15, -0.1) is 0 Å². The zero-order valence-electron chi connectivity index (χ0n) is 16.2. The van der Waals surface area contributed by atoms with Gasteiger partial charge in [-0.3, -0.25) is 14.2 Å². The van der Waals surface area contributed by atoms with E-state index in [1.807, 2.05) is 61.5 Å². The number of hydrogen-bond donors (Lipinski definition) is 1. The topological polar surface area (TPSA) is 51.1 Å². The number of benzene rings is 2. The number of aryl methyl sites for hydroxylation is 1. The quantitative estimate of drug-likeness (QED) is 0.738. The van der Waals surface area contributed by atoms with Crippen molar-refractivity contribution in [1.29, 1.82) is 0 Å². The maximum Gasteiger partial charge on any atom is 0.252 e. The summed E-state index contributed by atoms with van der Waals surface area (Å²) in [6.07, 6.45) is 5.55. The van der Waals surface area contributed by atoms with Crippen LogP contribution < -0.4 is 10.9 Å². The highest BCUT2D eigenvalue weighted by atomic mass is 16.2. The Kier molecular flexibility index (Phi) is 5.29. The van der Waals surface area contributed by atoms with Crippen LogP contribution in [0.4, 0.5) is 0 Å². The molecule has 1 unspecified atom stereocenters. The SMILES string of the molecule is Cc1cc(=O)n(C(C(=O)NC2CCCCC2)c2ccccc2)c2ccccc12. The summed E-state index contributed by atoms with van der Waals surface area (Å²) >= 11 is 0. The van der Waals surface area contributed by atoms with Gasteiger partial charge in [0.15, 0.2) is 0 Å². The average Bonchev–Trinajstić information content (AvgIpc) is 2.72. The third-order valence-electron chi connectivity index (χ3n) is 5.74. The molecule has 0 bridgehead atoms. The largest absolute Gasteiger partial charge is 0.351 e. The molecule has 0 saturated heterocycles. The number of aromatic nitrogens is 1. The minimum absolute atomic E-state index is 0.103. The Balaban J connectivity index is 1.84. The van der Waals surface area contributed by atoms with Crippen molar-refractivity contribution in [3.63, 3.8) is 0 Å². The van der Waals surface area contributed by atoms with Gasteiger partial charge in [0.1, 0.15) is 6.04 Å². The van der Waals surface area contributed by atoms with Crippen molar-refractivity contribution < 1.29 is 4.79 Å². The number of rotatable bonds is 4. The molecule has 0 aliphatic heterocycles. The molecule has 4 rings (SSSR count). The molecule has 1 N–H and O–H groups in total. The number of carbonyl (C=O) groups is 1. The van der Waals surface area contributed by atoms with Crippen LogP contribution in [-0.4, -0.2) is 16.5 Å². The van der Waals surface area contributed by atoms with Crippen molar-refractivity contribution >= 4 is 16.8 Å². The summed E-state index contributed by atoms with van der Waals surface area (Å²) in [4.78, 5) is 26.5. The number of fused-ring (bicyclic) bond motifs is 1. The first kappa shape index (κ1) is 18.5. The Labute approximate surface area is 165 Å². The van der Waals surface area contributed by atoms with Gasteiger partial charge in [-0.05, 0) is 37.0 Å². The van der Waals surface area contributed by atoms with Crippen molar-refractivity contribution in [3.8, 4) is 0 Å². The van der Waals surface area contributed by atoms with Gasteiger partial charge in [0.05, 0.1) is 5.52 Å². The summed E-state index contributed by atoms with van der Waals surface area (Å²) < 4.78 is 1.65. The van der Waals surface area contributed by atoms with Gasteiger partial charge < -0.3 is 5.32 Å². The predicted octanol–water partition coefficient (Wildman–Crippen LogP) is 4.35. The van der Waals surface area contributed by atoms with Gasteiger partial charge in [-0.2, -0.15) is 0 Å². The molecule has 1 aliphatic rings. The van der Waals surface area contributed by atoms with Crippen LogP contribution in [0.2, 0.25) is 0 Å². The molecule has 2 aromatic carbocycles. The lowest BCUT2D eigenvalue weighted by Gasteiger charge is -2.27. The second-order valence-electron chi connectivity index (χ2n) is 7.71. The number of nitrogens with one attached hydrogen (secondary N) is 1. The van der Waals surface area contributed by atoms with Crippen molar-refractivity contribution in [2.45, 2.75) is 51.1 Å². The molecule has 1 amide bonds. The maximum absolute atomic E-state index is 13.4. The molecule has 1 atom stereocenters. The monoisotopic (exact) mass is 374 g/mol. The number of carbonyl (C=O) groups excluding carboxylic acids is 1. The van der Waals surface area contributed by atoms with E-state index in [-0.39, 0.29) is 17.5 Å². The van der Waals surface area contributed by atoms with Crippen molar-refractivity contribution in [2.75, 3.05) is 0 Å². The molecule has 144 valence electrons. The Morgan fingerprint density at radius 3 is 2.43 bits per heavy atom. The number of hydrogen-bond acceptors (Lipinski definition) is 2. The standard InChI is InChI=1S/C24H26N2O2/c1-17-16-22(27)26(21-15-9-8-14-20(17)21)23(18-10-4-2-5-11-18)24(28)25-19-12-6-3-7-13-19/h2,4-5,8-11,14-16,19,23H,3,6-7,12-13H2,1H3,(H,25,28). The third kappa shape index (κ3) is 3.59. The van der Waals surface area contributed by atoms with Gasteiger partial charge >= 0.3 is 0 Å². The fourth-order valence-corrected chi connectivity index (χ4v) is 4.31. The number of pyridine rings is 1. The van der Waals surface area contributed by atoms with Gasteiger partial charge in [0, 0.05) is 17.5 Å². The lowest BCUT2D eigenvalue weighted by atomic mass is 9.94. The summed E-state index contributed by atoms with van der Waals surface area (Å²) in [5, 5.41) is 4.22. The predicted molar refractivity (Wildman–Crippen MR) is 113 cm³/mol. The van der Waals surface area contributed by atoms with E-state index >= 15 is 0 Å². The van der Waals surface area contributed by atoms with Crippen molar-refractivity contribution in [1.82, 2.24) is 9.88 Å². The van der Waals surface area contributed by atoms with E-state index in [2.05, 4.69) is 5.32 Å². The van der Waals surface area contributed by atoms with E-state index in [4.69, 9.17) is 0 Å². The first-order valence-corrected chi connectivity index (χ1v) is 10.1. The Morgan fingerprint density at radius 1 is 1.00 bits per heavy atom. The molecule has 0 radical (unpaired) electrons. The van der Waals surface area contributed by atoms with Crippen LogP contribution in [0.15, 0.2) is 65.5 Å². The van der Waals surface area contributed by atoms with E-state index in [1.54, 1.807) is 10.6 Å². The Hall–Kier alpha value is -2.88. The first-order chi connectivity index (χ1) is 13.6. The smallest absolute Gasteiger partial charge is 0.252 e. The molecule has 1 saturated carbocycles. The molecule has 1 fully saturated rings. The maximum atomic E-state index is 13.4. The zero-order valence-corrected chi connectivity index (χ0v) is 16.2. The lowest BCUT2D eigenvalue weighted by molar-refractivity contribution is -0.124. The fourth-order valence-electron chi connectivity index (χ4n) is 4.31. The summed E-state index contributed by atoms with van der Waals surface area (Å²) in [6, 6.07) is 18.5. The molecular weight excluding hydrogens is 348 g/mol. The average molecular weight is 374 g/mol. The normalized spacial score (nSPS) is 16.0. The fraction of sp³-hybridized carbons (Fsp3) is 0.333. The van der Waals surface area contributed by atoms with Crippen LogP contribution in [0.5, 0.6) is 0 Å². The Bertz CT molecular complexity index is 1030. The summed E-state index contributed by atoms with van der Waals surface area (Å²) in [5.41, 5.74) is 2.40. The van der Waals surface area contributed by atoms with E-state index in [9.17, 15) is 9.59 Å². The molecular formula is C24H26N2O2. The van der Waals surface area contributed by atoms with E-state index in [1.165, 1.54) is 6.42 Å². The van der Waals surface area contributed by atoms with Crippen LogP contribution in [0, 0.1) is 6.92 Å². The second kappa shape index (κ2) is 8.01. The zero-order chi connectivity index (χ0) is 19.5. The van der Waals surface area contributed by atoms with Crippen LogP contribution >= 0.6 is 0 Å². The van der Waals surface area contributed by atoms with Crippen molar-refractivity contribution in [3.05, 3.63) is 82.1 Å². The van der Waals surface area contributed by atoms with E-state index < -0.39 is 6.04 Å². The first-order valence-electron chi connectivity index (χ1n) is 10.1. The molecule has 1 heterocycles. The van der Waals surface area contributed by atoms with Crippen LogP contribution in [0.1, 0.15) is 49.3 Å². The van der Waals surface area contributed by atoms with Gasteiger partial charge in [-0.25, -0.2) is 0 Å². The molecule has 1 aliphatic carbocycles. The Morgan fingerprint density at radius 2 is 1.68 bits per heavy atom. The highest BCUT2D eigenvalue weighted by Crippen LogP contribution is 2.25. The van der Waals surface area contributed by atoms with E-state index in [0.717, 1.165) is 47.7 Å². The molecule has 3 aromatic rings. The lowest BCUT2D eigenvalue weighted by Crippen LogP contribution is -2.43. The summed E-state index contributed by atoms with van der Waals surface area (Å²) in [7, 11) is 0. The highest BCUT2D eigenvalue weighted by Gasteiger charge is 2.27. The molecule has 1 aromatic heterocycles. The van der Waals surface area contributed by atoms with Crippen LogP contribution in [-0.2, 0) is 4.79 Å². The minimum Gasteiger partial charge on any atom is -0.351 e. The molecule has 4 nitrogen and oxygen atoms in total. The molecule has 28 heavy (non-hydrogen) atoms. The second-order valence-corrected chi connectivity index (χ2v) is 7.71. The molecule has 0 spiro atoms. The van der Waals surface area contributed by atoms with Gasteiger partial charge in [0.2, 0.25) is 5.91 Å². The third-order valence-corrected chi connectivity index (χ3v) is 5.74. The summed E-state index contributed by atoms with van der Waals surface area (Å²) in [6.45, 7) is 1.94. The van der Waals surface area contributed by atoms with Crippen molar-refractivity contribution in [2.24, 2.45) is 0 Å². The number of para-hydroxylation sites is 1. The van der Waals surface area contributed by atoms with E-state index in [0.29, 0.717) is 0 Å². The molecule has 4 heteroatoms. The number of amides is 1. The van der Waals surface area contributed by atoms with Gasteiger partial charge in [0.25, 0.3) is 5.56 Å². The summed E-state index contributed by atoms with van der Waals surface area (Å²) in [5.74, 6) is -0.103. The highest BCUT2D eigenvalue weighted by molar-refractivity contribution is 5.88. The van der Waals surface area contributed by atoms with Crippen LogP contribution in [0.3, 0.4) is 0 Å². The minimum atomic E-state index is -0.680.